The molecule has 4 rings (SSSR count). The molecule has 2 aromatic rings. The van der Waals surface area contributed by atoms with E-state index in [1.165, 1.54) is 18.4 Å². The highest BCUT2D eigenvalue weighted by Crippen LogP contribution is 2.42. The van der Waals surface area contributed by atoms with Crippen molar-refractivity contribution < 1.29 is 9.84 Å². The van der Waals surface area contributed by atoms with Gasteiger partial charge in [-0.1, -0.05) is 18.2 Å². The van der Waals surface area contributed by atoms with Gasteiger partial charge < -0.3 is 14.7 Å². The van der Waals surface area contributed by atoms with E-state index in [-0.39, 0.29) is 0 Å². The van der Waals surface area contributed by atoms with E-state index in [4.69, 9.17) is 4.74 Å². The Kier molecular flexibility index (Phi) is 3.35. The van der Waals surface area contributed by atoms with Crippen LogP contribution in [0.15, 0.2) is 36.4 Å². The third kappa shape index (κ3) is 2.20. The number of nitrogens with zero attached hydrogens (tertiary/aromatic N) is 1. The zero-order valence-corrected chi connectivity index (χ0v) is 13.1. The van der Waals surface area contributed by atoms with Crippen molar-refractivity contribution in [2.45, 2.75) is 24.9 Å². The average molecular weight is 297 g/mol. The molecule has 2 bridgehead atoms. The van der Waals surface area contributed by atoms with Crippen molar-refractivity contribution in [1.82, 2.24) is 4.90 Å². The molecule has 2 aliphatic heterocycles. The summed E-state index contributed by atoms with van der Waals surface area (Å²) in [6, 6.07) is 12.5. The van der Waals surface area contributed by atoms with Crippen LogP contribution in [0.4, 0.5) is 0 Å². The largest absolute Gasteiger partial charge is 0.497 e. The second-order valence-corrected chi connectivity index (χ2v) is 6.74. The van der Waals surface area contributed by atoms with Crippen molar-refractivity contribution in [3.8, 4) is 5.75 Å². The molecule has 0 spiro atoms. The fraction of sp³-hybridized carbons (Fsp3) is 0.474. The highest BCUT2D eigenvalue weighted by atomic mass is 16.5. The molecule has 0 aromatic heterocycles. The summed E-state index contributed by atoms with van der Waals surface area (Å²) in [6.45, 7) is 3.24. The fourth-order valence-corrected chi connectivity index (χ4v) is 4.18. The van der Waals surface area contributed by atoms with Crippen LogP contribution in [0.5, 0.6) is 5.75 Å². The Labute approximate surface area is 131 Å². The van der Waals surface area contributed by atoms with Crippen molar-refractivity contribution in [3.63, 3.8) is 0 Å². The highest BCUT2D eigenvalue weighted by Gasteiger charge is 2.44. The second kappa shape index (κ2) is 5.25. The molecular formula is C19H23NO2. The number of methoxy groups -OCH3 is 1. The Balaban J connectivity index is 1.73. The van der Waals surface area contributed by atoms with E-state index >= 15 is 0 Å². The minimum atomic E-state index is -0.662. The third-order valence-electron chi connectivity index (χ3n) is 5.54. The number of ether oxygens (including phenoxy) is 1. The van der Waals surface area contributed by atoms with Crippen LogP contribution >= 0.6 is 0 Å². The van der Waals surface area contributed by atoms with E-state index in [2.05, 4.69) is 29.2 Å². The first kappa shape index (κ1) is 14.0. The molecule has 2 heterocycles. The third-order valence-corrected chi connectivity index (χ3v) is 5.54. The van der Waals surface area contributed by atoms with Gasteiger partial charge in [-0.05, 0) is 60.3 Å². The van der Waals surface area contributed by atoms with Gasteiger partial charge in [-0.2, -0.15) is 0 Å². The normalized spacial score (nSPS) is 31.2. The molecule has 0 amide bonds. The van der Waals surface area contributed by atoms with Gasteiger partial charge in [0, 0.05) is 19.0 Å². The number of fused-ring (bicyclic) bond motifs is 3. The Hall–Kier alpha value is -1.58. The van der Waals surface area contributed by atoms with E-state index in [0.717, 1.165) is 42.6 Å². The van der Waals surface area contributed by atoms with Crippen LogP contribution in [0.1, 0.15) is 24.8 Å². The maximum atomic E-state index is 11.4. The minimum absolute atomic E-state index is 0.366. The molecule has 116 valence electrons. The van der Waals surface area contributed by atoms with E-state index in [1.54, 1.807) is 7.11 Å². The number of hydrogen-bond donors (Lipinski definition) is 1. The molecule has 3 atom stereocenters. The summed E-state index contributed by atoms with van der Waals surface area (Å²) in [5.74, 6) is 1.24. The van der Waals surface area contributed by atoms with Crippen LogP contribution in [0.25, 0.3) is 10.8 Å². The summed E-state index contributed by atoms with van der Waals surface area (Å²) in [5.41, 5.74) is 0.419. The zero-order chi connectivity index (χ0) is 15.2. The highest BCUT2D eigenvalue weighted by molar-refractivity contribution is 5.84. The number of benzene rings is 2. The first-order valence-corrected chi connectivity index (χ1v) is 8.22. The van der Waals surface area contributed by atoms with E-state index in [0.29, 0.717) is 5.92 Å². The molecular weight excluding hydrogens is 274 g/mol. The molecule has 22 heavy (non-hydrogen) atoms. The van der Waals surface area contributed by atoms with E-state index < -0.39 is 5.60 Å². The molecule has 3 nitrogen and oxygen atoms in total. The van der Waals surface area contributed by atoms with Crippen LogP contribution in [-0.4, -0.2) is 36.8 Å². The van der Waals surface area contributed by atoms with Crippen molar-refractivity contribution in [2.75, 3.05) is 26.7 Å². The monoisotopic (exact) mass is 297 g/mol. The Morgan fingerprint density at radius 2 is 1.95 bits per heavy atom. The van der Waals surface area contributed by atoms with Gasteiger partial charge in [0.2, 0.25) is 0 Å². The van der Waals surface area contributed by atoms with Gasteiger partial charge in [-0.3, -0.25) is 0 Å². The van der Waals surface area contributed by atoms with Crippen LogP contribution in [0, 0.1) is 5.92 Å². The lowest BCUT2D eigenvalue weighted by atomic mass is 9.72. The number of hydrogen-bond acceptors (Lipinski definition) is 3. The SMILES string of the molecule is COc1ccc2cc(C3(O)CCN4CCCC3C4)ccc2c1. The maximum Gasteiger partial charge on any atom is 0.119 e. The summed E-state index contributed by atoms with van der Waals surface area (Å²) >= 11 is 0. The van der Waals surface area contributed by atoms with E-state index in [1.807, 2.05) is 12.1 Å². The molecule has 2 aliphatic rings. The maximum absolute atomic E-state index is 11.4. The van der Waals surface area contributed by atoms with E-state index in [9.17, 15) is 5.11 Å². The summed E-state index contributed by atoms with van der Waals surface area (Å²) in [4.78, 5) is 2.49. The van der Waals surface area contributed by atoms with Gasteiger partial charge in [0.15, 0.2) is 0 Å². The Morgan fingerprint density at radius 1 is 1.14 bits per heavy atom. The fourth-order valence-electron chi connectivity index (χ4n) is 4.18. The van der Waals surface area contributed by atoms with Gasteiger partial charge in [0.1, 0.15) is 5.75 Å². The molecule has 0 saturated carbocycles. The molecule has 3 unspecified atom stereocenters. The van der Waals surface area contributed by atoms with Crippen LogP contribution < -0.4 is 4.74 Å². The predicted octanol–water partition coefficient (Wildman–Crippen LogP) is 3.15. The number of piperidine rings is 2. The van der Waals surface area contributed by atoms with Gasteiger partial charge in [-0.15, -0.1) is 0 Å². The topological polar surface area (TPSA) is 32.7 Å². The summed E-state index contributed by atoms with van der Waals surface area (Å²) in [7, 11) is 1.69. The summed E-state index contributed by atoms with van der Waals surface area (Å²) in [6.07, 6.45) is 3.19. The van der Waals surface area contributed by atoms with Crippen LogP contribution in [0.3, 0.4) is 0 Å². The molecule has 3 heteroatoms. The Bertz CT molecular complexity index is 699. The summed E-state index contributed by atoms with van der Waals surface area (Å²) < 4.78 is 5.29. The number of aliphatic hydroxyl groups is 1. The van der Waals surface area contributed by atoms with Crippen LogP contribution in [0.2, 0.25) is 0 Å². The van der Waals surface area contributed by atoms with Gasteiger partial charge >= 0.3 is 0 Å². The molecule has 2 aromatic carbocycles. The van der Waals surface area contributed by atoms with Crippen molar-refractivity contribution >= 4 is 10.8 Å². The molecule has 0 radical (unpaired) electrons. The van der Waals surface area contributed by atoms with Crippen molar-refractivity contribution in [3.05, 3.63) is 42.0 Å². The lowest BCUT2D eigenvalue weighted by Crippen LogP contribution is -2.52. The quantitative estimate of drug-likeness (QED) is 0.924. The summed E-state index contributed by atoms with van der Waals surface area (Å²) in [5, 5.41) is 13.7. The average Bonchev–Trinajstić information content (AvgIpc) is 2.58. The lowest BCUT2D eigenvalue weighted by Gasteiger charge is -2.48. The smallest absolute Gasteiger partial charge is 0.119 e. The predicted molar refractivity (Wildman–Crippen MR) is 88.2 cm³/mol. The first-order chi connectivity index (χ1) is 10.7. The molecule has 1 N–H and O–H groups in total. The van der Waals surface area contributed by atoms with Crippen molar-refractivity contribution in [1.29, 1.82) is 0 Å². The molecule has 0 aliphatic carbocycles. The molecule has 2 saturated heterocycles. The number of rotatable bonds is 2. The second-order valence-electron chi connectivity index (χ2n) is 6.74. The minimum Gasteiger partial charge on any atom is -0.497 e. The van der Waals surface area contributed by atoms with Gasteiger partial charge in [0.05, 0.1) is 12.7 Å². The Morgan fingerprint density at radius 3 is 2.82 bits per heavy atom. The van der Waals surface area contributed by atoms with Gasteiger partial charge in [0.25, 0.3) is 0 Å². The standard InChI is InChI=1S/C19H23NO2/c1-22-18-7-5-14-11-16(6-4-15(14)12-18)19(21)8-10-20-9-2-3-17(19)13-20/h4-7,11-12,17,21H,2-3,8-10,13H2,1H3. The lowest BCUT2D eigenvalue weighted by molar-refractivity contribution is -0.0957. The van der Waals surface area contributed by atoms with Crippen LogP contribution in [-0.2, 0) is 5.60 Å². The zero-order valence-electron chi connectivity index (χ0n) is 13.1. The van der Waals surface area contributed by atoms with Gasteiger partial charge in [-0.25, -0.2) is 0 Å². The first-order valence-electron chi connectivity index (χ1n) is 8.22. The van der Waals surface area contributed by atoms with Crippen molar-refractivity contribution in [2.24, 2.45) is 5.92 Å². The molecule has 2 fully saturated rings.